The third-order valence-electron chi connectivity index (χ3n) is 6.61. The number of carbonyl (C=O) groups is 1. The predicted octanol–water partition coefficient (Wildman–Crippen LogP) is 4.69. The molecule has 0 bridgehead atoms. The van der Waals surface area contributed by atoms with E-state index in [4.69, 9.17) is 0 Å². The number of amides is 1. The number of aromatic nitrogens is 3. The van der Waals surface area contributed by atoms with Crippen LogP contribution in [0, 0.1) is 11.6 Å². The van der Waals surface area contributed by atoms with E-state index in [-0.39, 0.29) is 24.6 Å². The van der Waals surface area contributed by atoms with E-state index in [1.54, 1.807) is 55.3 Å². The SMILES string of the molecule is CC[C@](C)(O)c1ccc(-c2cc(F)c(CN3Cc4ncccc4C3=O)c(F)c2)c2cn(C)nc12. The summed E-state index contributed by atoms with van der Waals surface area (Å²) in [5, 5.41) is 16.0. The highest BCUT2D eigenvalue weighted by Crippen LogP contribution is 2.37. The molecule has 0 saturated carbocycles. The third kappa shape index (κ3) is 3.54. The van der Waals surface area contributed by atoms with Gasteiger partial charge in [-0.2, -0.15) is 5.10 Å². The minimum absolute atomic E-state index is 0.169. The van der Waals surface area contributed by atoms with Crippen molar-refractivity contribution in [3.05, 3.63) is 82.8 Å². The van der Waals surface area contributed by atoms with Crippen molar-refractivity contribution < 1.29 is 18.7 Å². The number of carbonyl (C=O) groups excluding carboxylic acids is 1. The van der Waals surface area contributed by atoms with Crippen LogP contribution in [0.1, 0.15) is 47.4 Å². The maximum Gasteiger partial charge on any atom is 0.256 e. The van der Waals surface area contributed by atoms with Gasteiger partial charge in [-0.1, -0.05) is 19.1 Å². The molecule has 0 fully saturated rings. The molecule has 3 heterocycles. The Morgan fingerprint density at radius 3 is 2.56 bits per heavy atom. The van der Waals surface area contributed by atoms with Crippen LogP contribution in [0.15, 0.2) is 48.8 Å². The van der Waals surface area contributed by atoms with Crippen LogP contribution in [0.25, 0.3) is 22.0 Å². The second-order valence-electron chi connectivity index (χ2n) is 8.93. The van der Waals surface area contributed by atoms with Crippen molar-refractivity contribution in [1.82, 2.24) is 19.7 Å². The van der Waals surface area contributed by atoms with Gasteiger partial charge >= 0.3 is 0 Å². The Morgan fingerprint density at radius 2 is 1.88 bits per heavy atom. The molecule has 0 saturated heterocycles. The summed E-state index contributed by atoms with van der Waals surface area (Å²) < 4.78 is 32.0. The molecule has 5 rings (SSSR count). The van der Waals surface area contributed by atoms with Crippen molar-refractivity contribution in [2.45, 2.75) is 39.0 Å². The van der Waals surface area contributed by atoms with E-state index in [0.29, 0.717) is 45.3 Å². The lowest BCUT2D eigenvalue weighted by atomic mass is 9.89. The van der Waals surface area contributed by atoms with Crippen LogP contribution >= 0.6 is 0 Å². The van der Waals surface area contributed by atoms with E-state index >= 15 is 8.78 Å². The van der Waals surface area contributed by atoms with Crippen LogP contribution in [-0.2, 0) is 25.7 Å². The quantitative estimate of drug-likeness (QED) is 0.467. The maximum absolute atomic E-state index is 15.2. The molecular weight excluding hydrogens is 438 g/mol. The van der Waals surface area contributed by atoms with Gasteiger partial charge < -0.3 is 10.0 Å². The van der Waals surface area contributed by atoms with E-state index < -0.39 is 17.2 Å². The number of nitrogens with zero attached hydrogens (tertiary/aromatic N) is 4. The summed E-state index contributed by atoms with van der Waals surface area (Å²) in [6.07, 6.45) is 3.86. The molecule has 4 aromatic rings. The van der Waals surface area contributed by atoms with Crippen LogP contribution < -0.4 is 0 Å². The first-order valence-electron chi connectivity index (χ1n) is 11.1. The Hall–Kier alpha value is -3.65. The van der Waals surface area contributed by atoms with Gasteiger partial charge in [0.25, 0.3) is 5.91 Å². The van der Waals surface area contributed by atoms with Crippen molar-refractivity contribution >= 4 is 16.8 Å². The van der Waals surface area contributed by atoms with E-state index in [9.17, 15) is 9.90 Å². The lowest BCUT2D eigenvalue weighted by Gasteiger charge is -2.23. The van der Waals surface area contributed by atoms with Gasteiger partial charge in [0, 0.05) is 36.0 Å². The lowest BCUT2D eigenvalue weighted by molar-refractivity contribution is 0.0544. The first-order valence-corrected chi connectivity index (χ1v) is 11.1. The first-order chi connectivity index (χ1) is 16.2. The molecule has 34 heavy (non-hydrogen) atoms. The number of hydrogen-bond donors (Lipinski definition) is 1. The smallest absolute Gasteiger partial charge is 0.256 e. The molecule has 0 radical (unpaired) electrons. The Labute approximate surface area is 195 Å². The summed E-state index contributed by atoms with van der Waals surface area (Å²) in [6, 6.07) is 9.40. The van der Waals surface area contributed by atoms with Crippen LogP contribution in [0.5, 0.6) is 0 Å². The number of halogens is 2. The van der Waals surface area contributed by atoms with Crippen molar-refractivity contribution in [3.8, 4) is 11.1 Å². The number of fused-ring (bicyclic) bond motifs is 2. The molecule has 2 aromatic heterocycles. The Kier molecular flexibility index (Phi) is 5.20. The molecule has 174 valence electrons. The highest BCUT2D eigenvalue weighted by molar-refractivity contribution is 5.98. The molecule has 1 amide bonds. The minimum Gasteiger partial charge on any atom is -0.385 e. The van der Waals surface area contributed by atoms with Crippen molar-refractivity contribution in [1.29, 1.82) is 0 Å². The summed E-state index contributed by atoms with van der Waals surface area (Å²) in [7, 11) is 1.76. The average Bonchev–Trinajstić information content (AvgIpc) is 3.34. The number of hydrogen-bond acceptors (Lipinski definition) is 4. The van der Waals surface area contributed by atoms with Crippen molar-refractivity contribution in [2.24, 2.45) is 7.05 Å². The molecular formula is C26H24F2N4O2. The average molecular weight is 463 g/mol. The number of pyridine rings is 1. The number of aliphatic hydroxyl groups is 1. The first kappa shape index (κ1) is 22.2. The van der Waals surface area contributed by atoms with Gasteiger partial charge in [-0.15, -0.1) is 0 Å². The normalized spacial score (nSPS) is 15.1. The monoisotopic (exact) mass is 462 g/mol. The zero-order valence-corrected chi connectivity index (χ0v) is 19.1. The molecule has 2 aromatic carbocycles. The third-order valence-corrected chi connectivity index (χ3v) is 6.61. The molecule has 0 aliphatic carbocycles. The molecule has 1 N–H and O–H groups in total. The fraction of sp³-hybridized carbons (Fsp3) is 0.269. The Bertz CT molecular complexity index is 1420. The summed E-state index contributed by atoms with van der Waals surface area (Å²) in [5.74, 6) is -1.75. The van der Waals surface area contributed by atoms with Gasteiger partial charge in [0.15, 0.2) is 0 Å². The van der Waals surface area contributed by atoms with Crippen LogP contribution in [0.4, 0.5) is 8.78 Å². The zero-order valence-electron chi connectivity index (χ0n) is 19.1. The van der Waals surface area contributed by atoms with E-state index in [2.05, 4.69) is 10.1 Å². The number of aryl methyl sites for hydroxylation is 1. The predicted molar refractivity (Wildman–Crippen MR) is 124 cm³/mol. The van der Waals surface area contributed by atoms with Gasteiger partial charge in [0.2, 0.25) is 0 Å². The van der Waals surface area contributed by atoms with E-state index in [1.165, 1.54) is 17.0 Å². The largest absolute Gasteiger partial charge is 0.385 e. The lowest BCUT2D eigenvalue weighted by Crippen LogP contribution is -2.24. The van der Waals surface area contributed by atoms with E-state index in [0.717, 1.165) is 0 Å². The molecule has 1 atom stereocenters. The fourth-order valence-electron chi connectivity index (χ4n) is 4.51. The topological polar surface area (TPSA) is 71.2 Å². The Morgan fingerprint density at radius 1 is 1.15 bits per heavy atom. The highest BCUT2D eigenvalue weighted by Gasteiger charge is 2.30. The summed E-state index contributed by atoms with van der Waals surface area (Å²) in [4.78, 5) is 18.2. The molecule has 1 aliphatic heterocycles. The van der Waals surface area contributed by atoms with Crippen LogP contribution in [0.3, 0.4) is 0 Å². The van der Waals surface area contributed by atoms with Crippen molar-refractivity contribution in [2.75, 3.05) is 0 Å². The van der Waals surface area contributed by atoms with Crippen LogP contribution in [-0.4, -0.2) is 30.7 Å². The molecule has 6 nitrogen and oxygen atoms in total. The summed E-state index contributed by atoms with van der Waals surface area (Å²) in [6.45, 7) is 3.63. The van der Waals surface area contributed by atoms with Crippen molar-refractivity contribution in [3.63, 3.8) is 0 Å². The van der Waals surface area contributed by atoms with Gasteiger partial charge in [0.1, 0.15) is 11.6 Å². The maximum atomic E-state index is 15.2. The van der Waals surface area contributed by atoms with E-state index in [1.807, 2.05) is 6.92 Å². The highest BCUT2D eigenvalue weighted by atomic mass is 19.1. The summed E-state index contributed by atoms with van der Waals surface area (Å²) >= 11 is 0. The zero-order chi connectivity index (χ0) is 24.2. The molecule has 0 spiro atoms. The molecule has 8 heteroatoms. The fourth-order valence-corrected chi connectivity index (χ4v) is 4.51. The van der Waals surface area contributed by atoms with Gasteiger partial charge in [0.05, 0.1) is 35.5 Å². The van der Waals surface area contributed by atoms with Gasteiger partial charge in [-0.3, -0.25) is 14.5 Å². The second-order valence-corrected chi connectivity index (χ2v) is 8.93. The number of rotatable bonds is 5. The van der Waals surface area contributed by atoms with Gasteiger partial charge in [-0.25, -0.2) is 8.78 Å². The standard InChI is InChI=1S/C26H24F2N4O2/c1-4-26(2,34)20-8-7-16(18-12-31(3)30-24(18)20)15-10-21(27)19(22(28)11-15)13-32-14-23-17(25(32)33)6-5-9-29-23/h5-12,34H,4,13-14H2,1-3H3/t26-/m0/s1. The van der Waals surface area contributed by atoms with Gasteiger partial charge in [-0.05, 0) is 48.7 Å². The summed E-state index contributed by atoms with van der Waals surface area (Å²) in [5.41, 5.74) is 2.03. The van der Waals surface area contributed by atoms with Crippen LogP contribution in [0.2, 0.25) is 0 Å². The minimum atomic E-state index is -1.08. The Balaban J connectivity index is 1.53. The number of benzene rings is 2. The second kappa shape index (κ2) is 7.99. The molecule has 0 unspecified atom stereocenters. The molecule has 1 aliphatic rings.